The van der Waals surface area contributed by atoms with Crippen LogP contribution in [0, 0.1) is 0 Å². The summed E-state index contributed by atoms with van der Waals surface area (Å²) >= 11 is 0. The largest absolute Gasteiger partial charge is 0.456 e. The lowest BCUT2D eigenvalue weighted by Gasteiger charge is -2.46. The van der Waals surface area contributed by atoms with Crippen LogP contribution in [0.2, 0.25) is 0 Å². The van der Waals surface area contributed by atoms with Crippen LogP contribution >= 0.6 is 0 Å². The van der Waals surface area contributed by atoms with E-state index < -0.39 is 0 Å². The molecule has 4 heterocycles. The predicted octanol–water partition coefficient (Wildman–Crippen LogP) is 23.7. The third-order valence-corrected chi connectivity index (χ3v) is 21.0. The summed E-state index contributed by atoms with van der Waals surface area (Å²) in [5, 5.41) is 4.44. The number of nitrogens with zero attached hydrogens (tertiary/aromatic N) is 3. The Hall–Kier alpha value is -10.3. The van der Waals surface area contributed by atoms with Crippen LogP contribution in [-0.4, -0.2) is 6.85 Å². The van der Waals surface area contributed by atoms with Crippen molar-refractivity contribution in [3.8, 4) is 44.5 Å². The zero-order chi connectivity index (χ0) is 63.4. The average Bonchev–Trinajstić information content (AvgIpc) is 1.13. The number of benzene rings is 12. The van der Waals surface area contributed by atoms with Crippen molar-refractivity contribution in [1.82, 2.24) is 0 Å². The highest BCUT2D eigenvalue weighted by atomic mass is 16.3. The van der Waals surface area contributed by atoms with Gasteiger partial charge in [0.15, 0.2) is 0 Å². The van der Waals surface area contributed by atoms with Crippen molar-refractivity contribution in [1.29, 1.82) is 0 Å². The number of hydrogen-bond donors (Lipinski definition) is 0. The van der Waals surface area contributed by atoms with Gasteiger partial charge in [-0.05, 0) is 207 Å². The first-order chi connectivity index (χ1) is 46.0. The second kappa shape index (κ2) is 22.8. The quantitative estimate of drug-likeness (QED) is 0.101. The number of anilines is 8. The van der Waals surface area contributed by atoms with E-state index >= 15 is 0 Å². The van der Waals surface area contributed by atoms with Crippen molar-refractivity contribution < 1.29 is 8.83 Å². The summed E-state index contributed by atoms with van der Waals surface area (Å²) in [6.45, 7) is 13.9. The first-order valence-corrected chi connectivity index (χ1v) is 34.2. The van der Waals surface area contributed by atoms with Gasteiger partial charge in [-0.2, -0.15) is 0 Å². The summed E-state index contributed by atoms with van der Waals surface area (Å²) in [6, 6.07) is 95.8. The summed E-state index contributed by atoms with van der Waals surface area (Å²) < 4.78 is 14.7. The topological polar surface area (TPSA) is 36.0 Å². The van der Waals surface area contributed by atoms with E-state index in [2.05, 4.69) is 311 Å². The van der Waals surface area contributed by atoms with Crippen molar-refractivity contribution in [2.24, 2.45) is 0 Å². The van der Waals surface area contributed by atoms with Crippen LogP contribution in [0.4, 0.5) is 45.5 Å². The van der Waals surface area contributed by atoms with Gasteiger partial charge in [-0.15, -0.1) is 0 Å². The molecule has 0 atom stereocenters. The van der Waals surface area contributed by atoms with Crippen LogP contribution in [0.25, 0.3) is 88.4 Å². The van der Waals surface area contributed by atoms with E-state index in [9.17, 15) is 0 Å². The van der Waals surface area contributed by atoms with E-state index in [1.807, 2.05) is 0 Å². The van der Waals surface area contributed by atoms with Crippen LogP contribution in [0.5, 0.6) is 0 Å². The number of rotatable bonds is 14. The van der Waals surface area contributed by atoms with Crippen molar-refractivity contribution in [3.05, 3.63) is 277 Å². The molecular weight excluding hydrogens is 1140 g/mol. The van der Waals surface area contributed by atoms with Gasteiger partial charge < -0.3 is 23.4 Å². The SMILES string of the molecule is CCCCc1ccc(N2B3c4ccc(N(c5cccc(-c6ccccc6)c5)c5cccc(-c6ccccc6)c5)cc4N(c4ccc(CCCC)cc4-c4ccccc4)c4cc5c(oc6ccccc65)c(c43)-c3cc4oc5cc6c(cc5c4cc32)C(C)(C)CCC6(C)C)cc1. The molecule has 2 aromatic heterocycles. The van der Waals surface area contributed by atoms with E-state index in [1.54, 1.807) is 0 Å². The third-order valence-electron chi connectivity index (χ3n) is 21.0. The number of para-hydroxylation sites is 1. The maximum atomic E-state index is 7.39. The molecule has 0 bridgehead atoms. The van der Waals surface area contributed by atoms with Crippen molar-refractivity contribution >= 4 is 107 Å². The molecule has 0 saturated heterocycles. The molecule has 0 amide bonds. The molecule has 12 aromatic carbocycles. The highest BCUT2D eigenvalue weighted by Gasteiger charge is 2.48. The molecule has 1 aliphatic carbocycles. The lowest BCUT2D eigenvalue weighted by atomic mass is 9.43. The van der Waals surface area contributed by atoms with Gasteiger partial charge in [0.05, 0.1) is 5.69 Å². The number of unbranched alkanes of at least 4 members (excludes halogenated alkanes) is 2. The Morgan fingerprint density at radius 3 is 1.64 bits per heavy atom. The second-order valence-corrected chi connectivity index (χ2v) is 27.9. The van der Waals surface area contributed by atoms with Crippen LogP contribution in [-0.2, 0) is 23.7 Å². The molecule has 17 rings (SSSR count). The standard InChI is InChI=1S/C88H76BN3O2/c1-7-9-24-57-38-41-64(42-39-57)92-78-53-71-70-52-74-75(88(5,6)47-46-87(74,3)4)56-83(70)93-82(71)55-73(78)84-85-80(54-72-68-36-20-21-37-81(68)94-86(72)84)91(77-45-40-58(25-10-8-2)48-69(77)61-30-18-13-19-31-61)79-51-67(43-44-76(79)89(85)92)90(65-34-22-32-62(49-65)59-26-14-11-15-27-59)66-35-23-33-63(50-66)60-28-16-12-17-29-60/h11-23,26-45,48-56H,7-10,24-25,46-47H2,1-6H3. The van der Waals surface area contributed by atoms with Gasteiger partial charge in [-0.25, -0.2) is 0 Å². The zero-order valence-electron chi connectivity index (χ0n) is 54.6. The van der Waals surface area contributed by atoms with Crippen molar-refractivity contribution in [3.63, 3.8) is 0 Å². The molecule has 6 heteroatoms. The third kappa shape index (κ3) is 9.58. The fraction of sp³-hybridized carbons (Fsp3) is 0.182. The lowest BCUT2D eigenvalue weighted by molar-refractivity contribution is 0.332. The number of furan rings is 2. The van der Waals surface area contributed by atoms with Gasteiger partial charge in [0, 0.05) is 78.0 Å². The Labute approximate surface area is 552 Å². The molecule has 14 aromatic rings. The Morgan fingerprint density at radius 1 is 0.404 bits per heavy atom. The van der Waals surface area contributed by atoms with Gasteiger partial charge in [0.2, 0.25) is 0 Å². The molecule has 0 unspecified atom stereocenters. The summed E-state index contributed by atoms with van der Waals surface area (Å²) in [6.07, 6.45) is 8.81. The van der Waals surface area contributed by atoms with E-state index in [0.29, 0.717) is 0 Å². The number of aryl methyl sites for hydroxylation is 2. The van der Waals surface area contributed by atoms with E-state index in [0.717, 1.165) is 163 Å². The molecule has 458 valence electrons. The first-order valence-electron chi connectivity index (χ1n) is 34.2. The van der Waals surface area contributed by atoms with Crippen molar-refractivity contribution in [2.45, 2.75) is 104 Å². The number of hydrogen-bond acceptors (Lipinski definition) is 5. The van der Waals surface area contributed by atoms with Crippen LogP contribution < -0.4 is 25.5 Å². The van der Waals surface area contributed by atoms with Gasteiger partial charge in [-0.3, -0.25) is 0 Å². The maximum absolute atomic E-state index is 7.39. The lowest BCUT2D eigenvalue weighted by Crippen LogP contribution is -2.61. The zero-order valence-corrected chi connectivity index (χ0v) is 54.6. The highest BCUT2D eigenvalue weighted by Crippen LogP contribution is 2.55. The van der Waals surface area contributed by atoms with Crippen LogP contribution in [0.3, 0.4) is 0 Å². The molecular formula is C88H76BN3O2. The second-order valence-electron chi connectivity index (χ2n) is 27.9. The molecule has 0 spiro atoms. The Bertz CT molecular complexity index is 5170. The van der Waals surface area contributed by atoms with Crippen LogP contribution in [0.1, 0.15) is 102 Å². The fourth-order valence-electron chi connectivity index (χ4n) is 15.9. The Morgan fingerprint density at radius 2 is 0.968 bits per heavy atom. The summed E-state index contributed by atoms with van der Waals surface area (Å²) in [5.74, 6) is 0. The molecule has 0 fully saturated rings. The highest BCUT2D eigenvalue weighted by molar-refractivity contribution is 6.94. The fourth-order valence-corrected chi connectivity index (χ4v) is 15.9. The summed E-state index contributed by atoms with van der Waals surface area (Å²) in [4.78, 5) is 7.78. The Kier molecular flexibility index (Phi) is 14.0. The summed E-state index contributed by atoms with van der Waals surface area (Å²) in [7, 11) is 0. The molecule has 2 aliphatic heterocycles. The number of fused-ring (bicyclic) bond motifs is 12. The minimum atomic E-state index is -0.319. The molecule has 94 heavy (non-hydrogen) atoms. The molecule has 0 N–H and O–H groups in total. The minimum absolute atomic E-state index is 0.0162. The van der Waals surface area contributed by atoms with E-state index in [-0.39, 0.29) is 17.7 Å². The van der Waals surface area contributed by atoms with Crippen LogP contribution in [0.15, 0.2) is 264 Å². The maximum Gasteiger partial charge on any atom is 0.333 e. The molecule has 3 aliphatic rings. The smallest absolute Gasteiger partial charge is 0.333 e. The van der Waals surface area contributed by atoms with Gasteiger partial charge >= 0.3 is 6.85 Å². The Balaban J connectivity index is 0.995. The van der Waals surface area contributed by atoms with Gasteiger partial charge in [-0.1, -0.05) is 212 Å². The normalized spacial score (nSPS) is 14.3. The molecule has 5 nitrogen and oxygen atoms in total. The first kappa shape index (κ1) is 57.6. The van der Waals surface area contributed by atoms with Gasteiger partial charge in [0.25, 0.3) is 0 Å². The van der Waals surface area contributed by atoms with Crippen molar-refractivity contribution in [2.75, 3.05) is 14.6 Å². The average molecular weight is 1220 g/mol. The molecule has 0 saturated carbocycles. The summed E-state index contributed by atoms with van der Waals surface area (Å²) in [5.41, 5.74) is 29.4. The van der Waals surface area contributed by atoms with E-state index in [4.69, 9.17) is 8.83 Å². The predicted molar refractivity (Wildman–Crippen MR) is 398 cm³/mol. The minimum Gasteiger partial charge on any atom is -0.456 e. The molecule has 0 radical (unpaired) electrons. The van der Waals surface area contributed by atoms with E-state index in [1.165, 1.54) is 55.4 Å². The monoisotopic (exact) mass is 1220 g/mol. The van der Waals surface area contributed by atoms with Gasteiger partial charge in [0.1, 0.15) is 22.3 Å².